The van der Waals surface area contributed by atoms with Crippen LogP contribution in [-0.2, 0) is 6.54 Å². The maximum atomic E-state index is 12.5. The minimum Gasteiger partial charge on any atom is -0.349 e. The molecule has 134 valence electrons. The van der Waals surface area contributed by atoms with Crippen LogP contribution >= 0.6 is 11.6 Å². The van der Waals surface area contributed by atoms with Crippen molar-refractivity contribution in [1.29, 1.82) is 0 Å². The van der Waals surface area contributed by atoms with Crippen molar-refractivity contribution in [2.45, 2.75) is 59.0 Å². The SMILES string of the molecule is [2H]c1c(C)nn(C[C@H]2CC[C@H](NC(=O)c3cc(Cl)cnc3C)CC2)c1C. The number of nitrogens with one attached hydrogen (secondary N) is 1. The first-order valence-corrected chi connectivity index (χ1v) is 9.16. The lowest BCUT2D eigenvalue weighted by molar-refractivity contribution is 0.0919. The molecule has 1 amide bonds. The number of hydrogen-bond donors (Lipinski definition) is 1. The molecule has 1 N–H and O–H groups in total. The van der Waals surface area contributed by atoms with Gasteiger partial charge in [0.1, 0.15) is 0 Å². The topological polar surface area (TPSA) is 59.8 Å². The molecule has 25 heavy (non-hydrogen) atoms. The molecule has 1 aliphatic rings. The molecule has 5 nitrogen and oxygen atoms in total. The highest BCUT2D eigenvalue weighted by atomic mass is 35.5. The fourth-order valence-corrected chi connectivity index (χ4v) is 3.68. The van der Waals surface area contributed by atoms with E-state index in [1.54, 1.807) is 12.3 Å². The van der Waals surface area contributed by atoms with E-state index < -0.39 is 0 Å². The van der Waals surface area contributed by atoms with E-state index in [0.717, 1.165) is 43.6 Å². The van der Waals surface area contributed by atoms with Crippen molar-refractivity contribution in [3.05, 3.63) is 46.0 Å². The Bertz CT molecular complexity index is 812. The van der Waals surface area contributed by atoms with Crippen LogP contribution in [0.25, 0.3) is 0 Å². The lowest BCUT2D eigenvalue weighted by atomic mass is 9.86. The number of nitrogens with zero attached hydrogens (tertiary/aromatic N) is 3. The molecule has 0 unspecified atom stereocenters. The zero-order valence-electron chi connectivity index (χ0n) is 16.0. The third-order valence-corrected chi connectivity index (χ3v) is 5.14. The molecule has 2 heterocycles. The van der Waals surface area contributed by atoms with Crippen molar-refractivity contribution in [3.8, 4) is 0 Å². The molecule has 0 bridgehead atoms. The maximum absolute atomic E-state index is 12.5. The van der Waals surface area contributed by atoms with Crippen LogP contribution in [0.3, 0.4) is 0 Å². The minimum absolute atomic E-state index is 0.0988. The number of carbonyl (C=O) groups excluding carboxylic acids is 1. The van der Waals surface area contributed by atoms with Crippen LogP contribution in [-0.4, -0.2) is 26.7 Å². The van der Waals surface area contributed by atoms with E-state index in [1.807, 2.05) is 25.5 Å². The summed E-state index contributed by atoms with van der Waals surface area (Å²) in [4.78, 5) is 16.6. The van der Waals surface area contributed by atoms with Gasteiger partial charge in [-0.2, -0.15) is 5.10 Å². The number of rotatable bonds is 4. The molecule has 1 saturated carbocycles. The molecule has 0 atom stereocenters. The molecule has 2 aromatic heterocycles. The Labute approximate surface area is 155 Å². The van der Waals surface area contributed by atoms with E-state index >= 15 is 0 Å². The molecule has 0 spiro atoms. The third-order valence-electron chi connectivity index (χ3n) is 4.93. The van der Waals surface area contributed by atoms with E-state index in [1.165, 1.54) is 0 Å². The van der Waals surface area contributed by atoms with E-state index in [-0.39, 0.29) is 11.9 Å². The van der Waals surface area contributed by atoms with Gasteiger partial charge in [-0.25, -0.2) is 0 Å². The molecule has 1 aliphatic carbocycles. The summed E-state index contributed by atoms with van der Waals surface area (Å²) in [5.74, 6) is 0.438. The van der Waals surface area contributed by atoms with E-state index in [0.29, 0.717) is 28.2 Å². The Balaban J connectivity index is 1.54. The van der Waals surface area contributed by atoms with Gasteiger partial charge in [0.2, 0.25) is 0 Å². The first-order chi connectivity index (χ1) is 12.3. The van der Waals surface area contributed by atoms with Gasteiger partial charge in [-0.05, 0) is 64.5 Å². The standard InChI is InChI=1S/C19H25ClN4O/c1-12-8-13(2)24(23-12)11-15-4-6-17(7-5-15)22-19(25)18-9-16(20)10-21-14(18)3/h8-10,15,17H,4-7,11H2,1-3H3,(H,22,25)/t15-,17-/i8D. The monoisotopic (exact) mass is 361 g/mol. The number of pyridine rings is 1. The highest BCUT2D eigenvalue weighted by molar-refractivity contribution is 6.30. The lowest BCUT2D eigenvalue weighted by Crippen LogP contribution is -2.38. The van der Waals surface area contributed by atoms with E-state index in [4.69, 9.17) is 13.0 Å². The first-order valence-electron chi connectivity index (χ1n) is 9.28. The highest BCUT2D eigenvalue weighted by Gasteiger charge is 2.24. The second kappa shape index (κ2) is 7.56. The van der Waals surface area contributed by atoms with Gasteiger partial charge < -0.3 is 5.32 Å². The number of amides is 1. The fraction of sp³-hybridized carbons (Fsp3) is 0.526. The number of carbonyl (C=O) groups is 1. The fourth-order valence-electron chi connectivity index (χ4n) is 3.52. The summed E-state index contributed by atoms with van der Waals surface area (Å²) in [5, 5.41) is 8.07. The molecule has 0 aromatic carbocycles. The predicted molar refractivity (Wildman–Crippen MR) is 98.9 cm³/mol. The summed E-state index contributed by atoms with van der Waals surface area (Å²) >= 11 is 5.96. The molecule has 0 aliphatic heterocycles. The molecule has 0 radical (unpaired) electrons. The summed E-state index contributed by atoms with van der Waals surface area (Å²) < 4.78 is 9.92. The molecule has 0 saturated heterocycles. The van der Waals surface area contributed by atoms with Crippen molar-refractivity contribution in [3.63, 3.8) is 0 Å². The van der Waals surface area contributed by atoms with E-state index in [2.05, 4.69) is 15.4 Å². The van der Waals surface area contributed by atoms with Crippen molar-refractivity contribution in [2.24, 2.45) is 5.92 Å². The van der Waals surface area contributed by atoms with Gasteiger partial charge in [0.05, 0.1) is 23.3 Å². The maximum Gasteiger partial charge on any atom is 0.253 e. The van der Waals surface area contributed by atoms with Crippen LogP contribution in [0.4, 0.5) is 0 Å². The van der Waals surface area contributed by atoms with Crippen molar-refractivity contribution < 1.29 is 6.17 Å². The Hall–Kier alpha value is -1.88. The Kier molecular flexibility index (Phi) is 5.02. The van der Waals surface area contributed by atoms with Gasteiger partial charge in [0.15, 0.2) is 0 Å². The number of halogens is 1. The number of aromatic nitrogens is 3. The smallest absolute Gasteiger partial charge is 0.253 e. The van der Waals surface area contributed by atoms with Gasteiger partial charge in [-0.15, -0.1) is 0 Å². The van der Waals surface area contributed by atoms with Crippen molar-refractivity contribution in [1.82, 2.24) is 20.1 Å². The van der Waals surface area contributed by atoms with Crippen molar-refractivity contribution >= 4 is 17.5 Å². The Morgan fingerprint density at radius 2 is 2.08 bits per heavy atom. The van der Waals surface area contributed by atoms with E-state index in [9.17, 15) is 4.79 Å². The molecule has 2 aromatic rings. The van der Waals surface area contributed by atoms with Gasteiger partial charge in [-0.3, -0.25) is 14.5 Å². The predicted octanol–water partition coefficient (Wildman–Crippen LogP) is 3.85. The third kappa shape index (κ3) is 4.40. The zero-order chi connectivity index (χ0) is 18.8. The minimum atomic E-state index is -0.0988. The summed E-state index contributed by atoms with van der Waals surface area (Å²) in [6.45, 7) is 6.50. The summed E-state index contributed by atoms with van der Waals surface area (Å²) in [6, 6.07) is 2.40. The second-order valence-electron chi connectivity index (χ2n) is 6.96. The summed E-state index contributed by atoms with van der Waals surface area (Å²) in [6.07, 6.45) is 5.56. The Morgan fingerprint density at radius 3 is 2.72 bits per heavy atom. The van der Waals surface area contributed by atoms with Crippen LogP contribution in [0.2, 0.25) is 5.02 Å². The largest absolute Gasteiger partial charge is 0.349 e. The average Bonchev–Trinajstić information content (AvgIpc) is 2.85. The van der Waals surface area contributed by atoms with Gasteiger partial charge in [-0.1, -0.05) is 11.6 Å². The van der Waals surface area contributed by atoms with Crippen LogP contribution in [0.15, 0.2) is 18.3 Å². The normalized spacial score (nSPS) is 21.0. The second-order valence-corrected chi connectivity index (χ2v) is 7.39. The van der Waals surface area contributed by atoms with Gasteiger partial charge >= 0.3 is 0 Å². The molecule has 3 rings (SSSR count). The zero-order valence-corrected chi connectivity index (χ0v) is 15.7. The molecular weight excluding hydrogens is 336 g/mol. The van der Waals surface area contributed by atoms with Crippen LogP contribution in [0.5, 0.6) is 0 Å². The van der Waals surface area contributed by atoms with Crippen LogP contribution < -0.4 is 5.32 Å². The Morgan fingerprint density at radius 1 is 1.36 bits per heavy atom. The molecule has 6 heteroatoms. The summed E-state index contributed by atoms with van der Waals surface area (Å²) in [7, 11) is 0. The quantitative estimate of drug-likeness (QED) is 0.899. The lowest BCUT2D eigenvalue weighted by Gasteiger charge is -2.29. The number of hydrogen-bond acceptors (Lipinski definition) is 3. The molecular formula is C19H25ClN4O. The molecule has 1 fully saturated rings. The highest BCUT2D eigenvalue weighted by Crippen LogP contribution is 2.26. The summed E-state index contributed by atoms with van der Waals surface area (Å²) in [5.41, 5.74) is 2.96. The van der Waals surface area contributed by atoms with Crippen LogP contribution in [0, 0.1) is 26.7 Å². The average molecular weight is 362 g/mol. The van der Waals surface area contributed by atoms with Crippen LogP contribution in [0.1, 0.15) is 54.5 Å². The van der Waals surface area contributed by atoms with Gasteiger partial charge in [0, 0.05) is 24.5 Å². The van der Waals surface area contributed by atoms with Gasteiger partial charge in [0.25, 0.3) is 5.91 Å². The number of aryl methyl sites for hydroxylation is 2. The van der Waals surface area contributed by atoms with Crippen molar-refractivity contribution in [2.75, 3.05) is 0 Å². The first kappa shape index (κ1) is 16.6.